The van der Waals surface area contributed by atoms with E-state index in [9.17, 15) is 0 Å². The van der Waals surface area contributed by atoms with Gasteiger partial charge in [-0.25, -0.2) is 0 Å². The molecule has 0 amide bonds. The van der Waals surface area contributed by atoms with E-state index >= 15 is 0 Å². The van der Waals surface area contributed by atoms with E-state index in [2.05, 4.69) is 15.8 Å². The zero-order chi connectivity index (χ0) is 18.1. The predicted molar refractivity (Wildman–Crippen MR) is 102 cm³/mol. The Morgan fingerprint density at radius 2 is 2.00 bits per heavy atom. The third-order valence-corrected chi connectivity index (χ3v) is 3.52. The van der Waals surface area contributed by atoms with E-state index in [-0.39, 0.29) is 0 Å². The van der Waals surface area contributed by atoms with Crippen molar-refractivity contribution in [2.24, 2.45) is 5.10 Å². The Labute approximate surface area is 153 Å². The molecule has 25 heavy (non-hydrogen) atoms. The minimum absolute atomic E-state index is 0.412. The van der Waals surface area contributed by atoms with Gasteiger partial charge in [0.05, 0.1) is 31.7 Å². The lowest BCUT2D eigenvalue weighted by atomic mass is 10.1. The molecule has 0 atom stereocenters. The van der Waals surface area contributed by atoms with Crippen LogP contribution in [0.1, 0.15) is 32.1 Å². The second-order valence-corrected chi connectivity index (χ2v) is 5.50. The van der Waals surface area contributed by atoms with Gasteiger partial charge in [-0.15, -0.1) is 0 Å². The van der Waals surface area contributed by atoms with Gasteiger partial charge in [0.25, 0.3) is 0 Å². The molecule has 0 saturated heterocycles. The van der Waals surface area contributed by atoms with E-state index in [1.807, 2.05) is 51.1 Å². The fourth-order valence-electron chi connectivity index (χ4n) is 2.14. The minimum Gasteiger partial charge on any atom is -0.494 e. The van der Waals surface area contributed by atoms with Crippen molar-refractivity contribution < 1.29 is 13.9 Å². The highest BCUT2D eigenvalue weighted by Gasteiger charge is 2.09. The molecule has 1 aromatic carbocycles. The molecule has 7 heteroatoms. The summed E-state index contributed by atoms with van der Waals surface area (Å²) in [6, 6.07) is 9.38. The van der Waals surface area contributed by atoms with E-state index < -0.39 is 0 Å². The lowest BCUT2D eigenvalue weighted by molar-refractivity contribution is 0.330. The molecule has 1 heterocycles. The van der Waals surface area contributed by atoms with Crippen LogP contribution in [0.2, 0.25) is 0 Å². The molecule has 0 bridgehead atoms. The third-order valence-electron chi connectivity index (χ3n) is 3.28. The smallest absolute Gasteiger partial charge is 0.187 e. The van der Waals surface area contributed by atoms with Crippen LogP contribution >= 0.6 is 12.2 Å². The number of hydrogen-bond acceptors (Lipinski definition) is 5. The molecule has 134 valence electrons. The van der Waals surface area contributed by atoms with Crippen LogP contribution in [-0.4, -0.2) is 24.0 Å². The van der Waals surface area contributed by atoms with Crippen LogP contribution in [0.5, 0.6) is 11.5 Å². The van der Waals surface area contributed by atoms with Crippen LogP contribution in [0.3, 0.4) is 0 Å². The first-order valence-electron chi connectivity index (χ1n) is 8.14. The van der Waals surface area contributed by atoms with E-state index in [0.29, 0.717) is 24.9 Å². The van der Waals surface area contributed by atoms with Gasteiger partial charge in [-0.05, 0) is 63.3 Å². The maximum atomic E-state index is 5.67. The van der Waals surface area contributed by atoms with Crippen molar-refractivity contribution in [3.05, 3.63) is 47.9 Å². The Bertz CT molecular complexity index is 714. The Morgan fingerprint density at radius 3 is 2.68 bits per heavy atom. The lowest BCUT2D eigenvalue weighted by Gasteiger charge is -2.13. The standard InChI is InChI=1S/C18H23N3O3S/c1-4-22-14-8-9-17(23-5-2)16(11-14)13(3)20-21-18(25)19-12-15-7-6-10-24-15/h6-11H,4-5,12H2,1-3H3,(H2,19,21,25)/b20-13-. The molecule has 0 aliphatic rings. The zero-order valence-corrected chi connectivity index (χ0v) is 15.5. The molecule has 2 N–H and O–H groups in total. The summed E-state index contributed by atoms with van der Waals surface area (Å²) in [4.78, 5) is 0. The molecule has 0 spiro atoms. The first-order chi connectivity index (χ1) is 12.1. The quantitative estimate of drug-likeness (QED) is 0.426. The summed E-state index contributed by atoms with van der Waals surface area (Å²) in [5, 5.41) is 7.77. The van der Waals surface area contributed by atoms with E-state index in [1.54, 1.807) is 6.26 Å². The first-order valence-corrected chi connectivity index (χ1v) is 8.55. The fourth-order valence-corrected chi connectivity index (χ4v) is 2.26. The van der Waals surface area contributed by atoms with Crippen LogP contribution in [-0.2, 0) is 6.54 Å². The summed E-state index contributed by atoms with van der Waals surface area (Å²) in [7, 11) is 0. The lowest BCUT2D eigenvalue weighted by Crippen LogP contribution is -2.32. The zero-order valence-electron chi connectivity index (χ0n) is 14.7. The van der Waals surface area contributed by atoms with Crippen molar-refractivity contribution in [3.8, 4) is 11.5 Å². The SMILES string of the molecule is CCOc1ccc(OCC)c(/C(C)=N\NC(=S)NCc2ccco2)c1. The van der Waals surface area contributed by atoms with E-state index in [0.717, 1.165) is 28.5 Å². The monoisotopic (exact) mass is 361 g/mol. The fraction of sp³-hybridized carbons (Fsp3) is 0.333. The highest BCUT2D eigenvalue weighted by Crippen LogP contribution is 2.25. The van der Waals surface area contributed by atoms with Crippen molar-refractivity contribution in [2.75, 3.05) is 13.2 Å². The number of hydrazone groups is 1. The molecule has 0 radical (unpaired) electrons. The summed E-state index contributed by atoms with van der Waals surface area (Å²) >= 11 is 5.22. The van der Waals surface area contributed by atoms with Gasteiger partial charge in [0.1, 0.15) is 17.3 Å². The van der Waals surface area contributed by atoms with Gasteiger partial charge in [-0.2, -0.15) is 5.10 Å². The van der Waals surface area contributed by atoms with Crippen LogP contribution < -0.4 is 20.2 Å². The molecular weight excluding hydrogens is 338 g/mol. The average Bonchev–Trinajstić information content (AvgIpc) is 3.13. The Kier molecular flexibility index (Phi) is 7.28. The van der Waals surface area contributed by atoms with Crippen LogP contribution in [0.4, 0.5) is 0 Å². The molecule has 6 nitrogen and oxygen atoms in total. The van der Waals surface area contributed by atoms with Crippen molar-refractivity contribution in [2.45, 2.75) is 27.3 Å². The summed E-state index contributed by atoms with van der Waals surface area (Å²) in [6.07, 6.45) is 1.62. The Balaban J connectivity index is 2.03. The summed E-state index contributed by atoms with van der Waals surface area (Å²) < 4.78 is 16.5. The molecule has 1 aromatic heterocycles. The summed E-state index contributed by atoms with van der Waals surface area (Å²) in [5.41, 5.74) is 4.43. The number of ether oxygens (including phenoxy) is 2. The number of furan rings is 1. The van der Waals surface area contributed by atoms with Gasteiger partial charge in [-0.3, -0.25) is 5.43 Å². The average molecular weight is 361 g/mol. The maximum Gasteiger partial charge on any atom is 0.187 e. The normalized spacial score (nSPS) is 11.1. The van der Waals surface area contributed by atoms with E-state index in [1.165, 1.54) is 0 Å². The number of nitrogens with one attached hydrogen (secondary N) is 2. The summed E-state index contributed by atoms with van der Waals surface area (Å²) in [6.45, 7) is 7.45. The van der Waals surface area contributed by atoms with Gasteiger partial charge in [0, 0.05) is 5.56 Å². The number of hydrogen-bond donors (Lipinski definition) is 2. The topological polar surface area (TPSA) is 68.0 Å². The van der Waals surface area contributed by atoms with Crippen LogP contribution in [0, 0.1) is 0 Å². The molecule has 2 rings (SSSR count). The van der Waals surface area contributed by atoms with Gasteiger partial charge in [0.2, 0.25) is 0 Å². The molecular formula is C18H23N3O3S. The van der Waals surface area contributed by atoms with Crippen molar-refractivity contribution >= 4 is 23.0 Å². The maximum absolute atomic E-state index is 5.67. The highest BCUT2D eigenvalue weighted by atomic mass is 32.1. The first kappa shape index (κ1) is 18.8. The molecule has 0 fully saturated rings. The van der Waals surface area contributed by atoms with Gasteiger partial charge >= 0.3 is 0 Å². The molecule has 2 aromatic rings. The highest BCUT2D eigenvalue weighted by molar-refractivity contribution is 7.80. The van der Waals surface area contributed by atoms with Crippen LogP contribution in [0.15, 0.2) is 46.1 Å². The molecule has 0 aliphatic heterocycles. The van der Waals surface area contributed by atoms with Crippen molar-refractivity contribution in [3.63, 3.8) is 0 Å². The van der Waals surface area contributed by atoms with Gasteiger partial charge in [-0.1, -0.05) is 0 Å². The Morgan fingerprint density at radius 1 is 1.20 bits per heavy atom. The van der Waals surface area contributed by atoms with E-state index in [4.69, 9.17) is 26.1 Å². The Hall–Kier alpha value is -2.54. The minimum atomic E-state index is 0.412. The van der Waals surface area contributed by atoms with Crippen LogP contribution in [0.25, 0.3) is 0 Å². The summed E-state index contributed by atoms with van der Waals surface area (Å²) in [5.74, 6) is 2.32. The number of rotatable bonds is 8. The second kappa shape index (κ2) is 9.68. The van der Waals surface area contributed by atoms with Crippen molar-refractivity contribution in [1.29, 1.82) is 0 Å². The third kappa shape index (κ3) is 5.79. The van der Waals surface area contributed by atoms with Gasteiger partial charge < -0.3 is 19.2 Å². The molecule has 0 saturated carbocycles. The molecule has 0 aliphatic carbocycles. The van der Waals surface area contributed by atoms with Crippen molar-refractivity contribution in [1.82, 2.24) is 10.7 Å². The number of nitrogens with zero attached hydrogens (tertiary/aromatic N) is 1. The second-order valence-electron chi connectivity index (χ2n) is 5.10. The van der Waals surface area contributed by atoms with Gasteiger partial charge in [0.15, 0.2) is 5.11 Å². The number of thiocarbonyl (C=S) groups is 1. The molecule has 0 unspecified atom stereocenters. The largest absolute Gasteiger partial charge is 0.494 e. The number of benzene rings is 1. The predicted octanol–water partition coefficient (Wildman–Crippen LogP) is 3.47.